The zero-order valence-corrected chi connectivity index (χ0v) is 12.9. The van der Waals surface area contributed by atoms with Gasteiger partial charge in [-0.3, -0.25) is 0 Å². The predicted molar refractivity (Wildman–Crippen MR) is 77.6 cm³/mol. The molecule has 0 spiro atoms. The largest absolute Gasteiger partial charge is 0.413 e. The third-order valence-corrected chi connectivity index (χ3v) is 8.22. The van der Waals surface area contributed by atoms with Crippen LogP contribution in [0.3, 0.4) is 0 Å². The van der Waals surface area contributed by atoms with Crippen LogP contribution in [0.4, 0.5) is 5.69 Å². The van der Waals surface area contributed by atoms with E-state index in [1.54, 1.807) is 0 Å². The summed E-state index contributed by atoms with van der Waals surface area (Å²) >= 11 is 0. The summed E-state index contributed by atoms with van der Waals surface area (Å²) in [5, 5.41) is 0.260. The van der Waals surface area contributed by atoms with Crippen molar-refractivity contribution < 1.29 is 4.43 Å². The summed E-state index contributed by atoms with van der Waals surface area (Å²) in [5.41, 5.74) is 8.99. The highest BCUT2D eigenvalue weighted by Crippen LogP contribution is 2.37. The van der Waals surface area contributed by atoms with Gasteiger partial charge in [-0.15, -0.1) is 0 Å². The zero-order valence-electron chi connectivity index (χ0n) is 11.9. The smallest absolute Gasteiger partial charge is 0.192 e. The third kappa shape index (κ3) is 3.58. The molecule has 1 aromatic carbocycles. The highest BCUT2D eigenvalue weighted by Gasteiger charge is 2.36. The topological polar surface area (TPSA) is 35.2 Å². The average molecular weight is 251 g/mol. The SMILES string of the molecule is Cc1cc(CO[Si](C)(C)C(C)(C)C)ccc1N. The molecule has 0 saturated carbocycles. The van der Waals surface area contributed by atoms with Crippen molar-refractivity contribution in [1.82, 2.24) is 0 Å². The summed E-state index contributed by atoms with van der Waals surface area (Å²) in [5.74, 6) is 0. The Balaban J connectivity index is 2.71. The Morgan fingerprint density at radius 1 is 1.24 bits per heavy atom. The van der Waals surface area contributed by atoms with Gasteiger partial charge in [0.05, 0.1) is 6.61 Å². The van der Waals surface area contributed by atoms with E-state index < -0.39 is 8.32 Å². The van der Waals surface area contributed by atoms with Gasteiger partial charge < -0.3 is 10.2 Å². The Labute approximate surface area is 106 Å². The molecule has 0 aliphatic rings. The van der Waals surface area contributed by atoms with Crippen LogP contribution in [-0.4, -0.2) is 8.32 Å². The van der Waals surface area contributed by atoms with E-state index in [2.05, 4.69) is 46.0 Å². The molecule has 17 heavy (non-hydrogen) atoms. The Morgan fingerprint density at radius 2 is 1.82 bits per heavy atom. The van der Waals surface area contributed by atoms with E-state index in [0.29, 0.717) is 6.61 Å². The summed E-state index contributed by atoms with van der Waals surface area (Å²) in [7, 11) is -1.65. The van der Waals surface area contributed by atoms with Crippen molar-refractivity contribution >= 4 is 14.0 Å². The van der Waals surface area contributed by atoms with Gasteiger partial charge in [-0.25, -0.2) is 0 Å². The molecule has 2 nitrogen and oxygen atoms in total. The van der Waals surface area contributed by atoms with E-state index in [9.17, 15) is 0 Å². The van der Waals surface area contributed by atoms with Crippen LogP contribution in [0.5, 0.6) is 0 Å². The number of hydrogen-bond acceptors (Lipinski definition) is 2. The minimum Gasteiger partial charge on any atom is -0.413 e. The lowest BCUT2D eigenvalue weighted by molar-refractivity contribution is 0.276. The van der Waals surface area contributed by atoms with Gasteiger partial charge >= 0.3 is 0 Å². The Bertz CT molecular complexity index is 394. The molecule has 0 amide bonds. The standard InChI is InChI=1S/C14H25NOSi/c1-11-9-12(7-8-13(11)15)10-16-17(5,6)14(2,3)4/h7-9H,10,15H2,1-6H3. The van der Waals surface area contributed by atoms with Crippen molar-refractivity contribution in [2.45, 2.75) is 52.4 Å². The fourth-order valence-electron chi connectivity index (χ4n) is 1.31. The predicted octanol–water partition coefficient (Wildman–Crippen LogP) is 4.10. The number of anilines is 1. The normalized spacial score (nSPS) is 12.8. The van der Waals surface area contributed by atoms with Gasteiger partial charge in [-0.05, 0) is 42.2 Å². The lowest BCUT2D eigenvalue weighted by atomic mass is 10.1. The summed E-state index contributed by atoms with van der Waals surface area (Å²) in [6.45, 7) is 14.0. The first-order chi connectivity index (χ1) is 7.63. The van der Waals surface area contributed by atoms with Crippen molar-refractivity contribution in [3.63, 3.8) is 0 Å². The first-order valence-electron chi connectivity index (χ1n) is 6.12. The molecular weight excluding hydrogens is 226 g/mol. The van der Waals surface area contributed by atoms with Crippen molar-refractivity contribution in [2.24, 2.45) is 0 Å². The van der Waals surface area contributed by atoms with Gasteiger partial charge in [-0.1, -0.05) is 32.9 Å². The van der Waals surface area contributed by atoms with Crippen molar-refractivity contribution in [1.29, 1.82) is 0 Å². The van der Waals surface area contributed by atoms with E-state index in [0.717, 1.165) is 11.3 Å². The maximum absolute atomic E-state index is 6.17. The summed E-state index contributed by atoms with van der Waals surface area (Å²) < 4.78 is 6.17. The zero-order chi connectivity index (χ0) is 13.3. The molecule has 1 rings (SSSR count). The molecule has 1 aromatic rings. The van der Waals surface area contributed by atoms with Crippen LogP contribution in [0.25, 0.3) is 0 Å². The Hall–Kier alpha value is -0.803. The molecule has 0 heterocycles. The van der Waals surface area contributed by atoms with Crippen molar-refractivity contribution in [2.75, 3.05) is 5.73 Å². The Morgan fingerprint density at radius 3 is 2.29 bits per heavy atom. The van der Waals surface area contributed by atoms with Crippen LogP contribution in [0.1, 0.15) is 31.9 Å². The lowest BCUT2D eigenvalue weighted by Gasteiger charge is -2.36. The van der Waals surface area contributed by atoms with Gasteiger partial charge in [-0.2, -0.15) is 0 Å². The summed E-state index contributed by atoms with van der Waals surface area (Å²) in [6, 6.07) is 6.12. The summed E-state index contributed by atoms with van der Waals surface area (Å²) in [6.07, 6.45) is 0. The van der Waals surface area contributed by atoms with Gasteiger partial charge in [0.2, 0.25) is 0 Å². The van der Waals surface area contributed by atoms with E-state index >= 15 is 0 Å². The van der Waals surface area contributed by atoms with E-state index in [1.165, 1.54) is 5.56 Å². The number of nitrogen functional groups attached to an aromatic ring is 1. The highest BCUT2D eigenvalue weighted by molar-refractivity contribution is 6.74. The molecule has 0 radical (unpaired) electrons. The molecular formula is C14H25NOSi. The number of rotatable bonds is 3. The molecule has 96 valence electrons. The van der Waals surface area contributed by atoms with Crippen LogP contribution in [0.2, 0.25) is 18.1 Å². The fourth-order valence-corrected chi connectivity index (χ4v) is 2.27. The number of aryl methyl sites for hydroxylation is 1. The van der Waals surface area contributed by atoms with E-state index in [-0.39, 0.29) is 5.04 Å². The summed E-state index contributed by atoms with van der Waals surface area (Å²) in [4.78, 5) is 0. The molecule has 0 saturated heterocycles. The maximum atomic E-state index is 6.17. The minimum absolute atomic E-state index is 0.260. The average Bonchev–Trinajstić information content (AvgIpc) is 2.18. The van der Waals surface area contributed by atoms with Gasteiger partial charge in [0.1, 0.15) is 0 Å². The van der Waals surface area contributed by atoms with Crippen LogP contribution in [0, 0.1) is 6.92 Å². The Kier molecular flexibility index (Phi) is 4.05. The van der Waals surface area contributed by atoms with E-state index in [4.69, 9.17) is 10.2 Å². The third-order valence-electron chi connectivity index (χ3n) is 3.74. The van der Waals surface area contributed by atoms with Gasteiger partial charge in [0, 0.05) is 5.69 Å². The first-order valence-corrected chi connectivity index (χ1v) is 9.03. The number of nitrogens with two attached hydrogens (primary N) is 1. The molecule has 0 aliphatic heterocycles. The fraction of sp³-hybridized carbons (Fsp3) is 0.571. The molecule has 3 heteroatoms. The van der Waals surface area contributed by atoms with Crippen LogP contribution in [-0.2, 0) is 11.0 Å². The van der Waals surface area contributed by atoms with Gasteiger partial charge in [0.15, 0.2) is 8.32 Å². The molecule has 0 aromatic heterocycles. The van der Waals surface area contributed by atoms with Gasteiger partial charge in [0.25, 0.3) is 0 Å². The van der Waals surface area contributed by atoms with Crippen LogP contribution >= 0.6 is 0 Å². The first kappa shape index (κ1) is 14.3. The molecule has 2 N–H and O–H groups in total. The number of benzene rings is 1. The van der Waals surface area contributed by atoms with Crippen molar-refractivity contribution in [3.05, 3.63) is 29.3 Å². The monoisotopic (exact) mass is 251 g/mol. The van der Waals surface area contributed by atoms with Crippen LogP contribution in [0.15, 0.2) is 18.2 Å². The molecule has 0 atom stereocenters. The van der Waals surface area contributed by atoms with Crippen molar-refractivity contribution in [3.8, 4) is 0 Å². The molecule has 0 fully saturated rings. The number of hydrogen-bond donors (Lipinski definition) is 1. The highest BCUT2D eigenvalue weighted by atomic mass is 28.4. The molecule has 0 bridgehead atoms. The van der Waals surface area contributed by atoms with E-state index in [1.807, 2.05) is 13.0 Å². The maximum Gasteiger partial charge on any atom is 0.192 e. The second-order valence-electron chi connectivity index (χ2n) is 6.24. The second-order valence-corrected chi connectivity index (χ2v) is 11.0. The lowest BCUT2D eigenvalue weighted by Crippen LogP contribution is -2.40. The minimum atomic E-state index is -1.65. The second kappa shape index (κ2) is 4.82. The quantitative estimate of drug-likeness (QED) is 0.648. The van der Waals surface area contributed by atoms with Crippen LogP contribution < -0.4 is 5.73 Å². The molecule has 0 unspecified atom stereocenters. The molecule has 0 aliphatic carbocycles.